The Labute approximate surface area is 145 Å². The van der Waals surface area contributed by atoms with Crippen LogP contribution in [-0.4, -0.2) is 30.4 Å². The van der Waals surface area contributed by atoms with Gasteiger partial charge in [0.05, 0.1) is 5.41 Å². The Hall–Kier alpha value is -1.35. The summed E-state index contributed by atoms with van der Waals surface area (Å²) in [5, 5.41) is 3.20. The van der Waals surface area contributed by atoms with Gasteiger partial charge in [0.25, 0.3) is 0 Å². The standard InChI is InChI=1S/C21H30N2O/c24-20-21(14-18-8-4-5-9-19(18)15-22-20)10-12-23(13-11-21)16-17-6-2-1-3-7-17/h4-5,8-9,17H,1-3,6-7,10-16H2,(H,22,24). The van der Waals surface area contributed by atoms with Gasteiger partial charge in [0, 0.05) is 13.1 Å². The number of nitrogens with zero attached hydrogens (tertiary/aromatic N) is 1. The lowest BCUT2D eigenvalue weighted by Gasteiger charge is -2.41. The molecule has 3 nitrogen and oxygen atoms in total. The number of amides is 1. The molecule has 3 heteroatoms. The molecule has 0 unspecified atom stereocenters. The van der Waals surface area contributed by atoms with Crippen LogP contribution in [0.15, 0.2) is 24.3 Å². The zero-order valence-corrected chi connectivity index (χ0v) is 14.7. The van der Waals surface area contributed by atoms with Gasteiger partial charge in [0.15, 0.2) is 0 Å². The summed E-state index contributed by atoms with van der Waals surface area (Å²) in [6.45, 7) is 4.13. The molecule has 0 atom stereocenters. The maximum absolute atomic E-state index is 12.8. The molecule has 1 spiro atoms. The number of rotatable bonds is 2. The van der Waals surface area contributed by atoms with E-state index in [0.717, 1.165) is 38.3 Å². The van der Waals surface area contributed by atoms with Crippen LogP contribution in [0.1, 0.15) is 56.1 Å². The average Bonchev–Trinajstić information content (AvgIpc) is 2.76. The number of likely N-dealkylation sites (tertiary alicyclic amines) is 1. The fourth-order valence-electron chi connectivity index (χ4n) is 5.01. The predicted molar refractivity (Wildman–Crippen MR) is 96.7 cm³/mol. The first-order valence-corrected chi connectivity index (χ1v) is 9.83. The summed E-state index contributed by atoms with van der Waals surface area (Å²) in [6, 6.07) is 8.56. The molecule has 24 heavy (non-hydrogen) atoms. The number of carbonyl (C=O) groups excluding carboxylic acids is 1. The Morgan fingerprint density at radius 1 is 1.04 bits per heavy atom. The molecule has 1 saturated heterocycles. The largest absolute Gasteiger partial charge is 0.352 e. The van der Waals surface area contributed by atoms with Gasteiger partial charge < -0.3 is 10.2 Å². The van der Waals surface area contributed by atoms with Crippen molar-refractivity contribution < 1.29 is 4.79 Å². The smallest absolute Gasteiger partial charge is 0.226 e. The van der Waals surface area contributed by atoms with E-state index in [9.17, 15) is 4.79 Å². The van der Waals surface area contributed by atoms with E-state index < -0.39 is 0 Å². The molecule has 4 rings (SSSR count). The molecule has 0 bridgehead atoms. The first-order chi connectivity index (χ1) is 11.8. The number of hydrogen-bond donors (Lipinski definition) is 1. The van der Waals surface area contributed by atoms with Crippen molar-refractivity contribution in [3.05, 3.63) is 35.4 Å². The molecule has 1 saturated carbocycles. The molecule has 2 fully saturated rings. The van der Waals surface area contributed by atoms with Gasteiger partial charge in [-0.05, 0) is 62.2 Å². The maximum Gasteiger partial charge on any atom is 0.226 e. The Morgan fingerprint density at radius 2 is 1.75 bits per heavy atom. The lowest BCUT2D eigenvalue weighted by Crippen LogP contribution is -2.49. The zero-order chi connectivity index (χ0) is 16.4. The molecule has 0 radical (unpaired) electrons. The molecule has 1 N–H and O–H groups in total. The maximum atomic E-state index is 12.8. The van der Waals surface area contributed by atoms with Crippen molar-refractivity contribution in [1.29, 1.82) is 0 Å². The second-order valence-corrected chi connectivity index (χ2v) is 8.21. The van der Waals surface area contributed by atoms with Crippen molar-refractivity contribution >= 4 is 5.91 Å². The topological polar surface area (TPSA) is 32.3 Å². The number of nitrogens with one attached hydrogen (secondary N) is 1. The van der Waals surface area contributed by atoms with Crippen molar-refractivity contribution in [3.63, 3.8) is 0 Å². The summed E-state index contributed by atoms with van der Waals surface area (Å²) in [5.41, 5.74) is 2.50. The Morgan fingerprint density at radius 3 is 2.50 bits per heavy atom. The first kappa shape index (κ1) is 16.1. The van der Waals surface area contributed by atoms with Gasteiger partial charge in [-0.15, -0.1) is 0 Å². The highest BCUT2D eigenvalue weighted by atomic mass is 16.2. The van der Waals surface area contributed by atoms with Crippen molar-refractivity contribution in [2.75, 3.05) is 19.6 Å². The molecule has 1 amide bonds. The Balaban J connectivity index is 1.42. The lowest BCUT2D eigenvalue weighted by atomic mass is 9.73. The minimum atomic E-state index is -0.171. The van der Waals surface area contributed by atoms with Crippen LogP contribution in [0.25, 0.3) is 0 Å². The van der Waals surface area contributed by atoms with Crippen molar-refractivity contribution in [3.8, 4) is 0 Å². The van der Waals surface area contributed by atoms with Gasteiger partial charge >= 0.3 is 0 Å². The van der Waals surface area contributed by atoms with Gasteiger partial charge in [0.1, 0.15) is 0 Å². The summed E-state index contributed by atoms with van der Waals surface area (Å²) < 4.78 is 0. The third-order valence-corrected chi connectivity index (χ3v) is 6.62. The van der Waals surface area contributed by atoms with Gasteiger partial charge in [-0.2, -0.15) is 0 Å². The van der Waals surface area contributed by atoms with Crippen LogP contribution >= 0.6 is 0 Å². The Bertz CT molecular complexity index is 583. The van der Waals surface area contributed by atoms with Crippen LogP contribution in [0.5, 0.6) is 0 Å². The van der Waals surface area contributed by atoms with Gasteiger partial charge in [-0.1, -0.05) is 43.5 Å². The minimum Gasteiger partial charge on any atom is -0.352 e. The highest BCUT2D eigenvalue weighted by Crippen LogP contribution is 2.38. The number of carbonyl (C=O) groups is 1. The highest BCUT2D eigenvalue weighted by Gasteiger charge is 2.43. The highest BCUT2D eigenvalue weighted by molar-refractivity contribution is 5.83. The van der Waals surface area contributed by atoms with E-state index in [2.05, 4.69) is 34.5 Å². The fourth-order valence-corrected chi connectivity index (χ4v) is 5.01. The van der Waals surface area contributed by atoms with Gasteiger partial charge in [-0.25, -0.2) is 0 Å². The predicted octanol–water partition coefficient (Wildman–Crippen LogP) is 3.52. The minimum absolute atomic E-state index is 0.171. The average molecular weight is 326 g/mol. The third kappa shape index (κ3) is 3.23. The normalized spacial score (nSPS) is 25.1. The molecular formula is C21H30N2O. The molecule has 1 aromatic rings. The quantitative estimate of drug-likeness (QED) is 0.902. The molecule has 3 aliphatic rings. The van der Waals surface area contributed by atoms with Crippen LogP contribution in [-0.2, 0) is 17.8 Å². The van der Waals surface area contributed by atoms with E-state index in [0.29, 0.717) is 6.54 Å². The van der Waals surface area contributed by atoms with Crippen molar-refractivity contribution in [2.45, 2.75) is 57.9 Å². The van der Waals surface area contributed by atoms with E-state index in [1.165, 1.54) is 49.8 Å². The molecule has 2 aliphatic heterocycles. The molecule has 2 heterocycles. The first-order valence-electron chi connectivity index (χ1n) is 9.83. The van der Waals surface area contributed by atoms with Crippen molar-refractivity contribution in [2.24, 2.45) is 11.3 Å². The number of piperidine rings is 1. The van der Waals surface area contributed by atoms with Crippen LogP contribution in [0.4, 0.5) is 0 Å². The third-order valence-electron chi connectivity index (χ3n) is 6.62. The summed E-state index contributed by atoms with van der Waals surface area (Å²) in [7, 11) is 0. The van der Waals surface area contributed by atoms with E-state index in [-0.39, 0.29) is 11.3 Å². The second kappa shape index (κ2) is 6.87. The van der Waals surface area contributed by atoms with E-state index in [1.807, 2.05) is 0 Å². The van der Waals surface area contributed by atoms with Crippen LogP contribution in [0.2, 0.25) is 0 Å². The monoisotopic (exact) mass is 326 g/mol. The number of benzene rings is 1. The van der Waals surface area contributed by atoms with E-state index >= 15 is 0 Å². The molecule has 130 valence electrons. The summed E-state index contributed by atoms with van der Waals surface area (Å²) >= 11 is 0. The molecule has 0 aromatic heterocycles. The summed E-state index contributed by atoms with van der Waals surface area (Å²) in [5.74, 6) is 1.19. The fraction of sp³-hybridized carbons (Fsp3) is 0.667. The van der Waals surface area contributed by atoms with E-state index in [1.54, 1.807) is 0 Å². The number of fused-ring (bicyclic) bond motifs is 1. The van der Waals surface area contributed by atoms with Crippen LogP contribution in [0, 0.1) is 11.3 Å². The van der Waals surface area contributed by atoms with E-state index in [4.69, 9.17) is 0 Å². The molecule has 1 aromatic carbocycles. The Kier molecular flexibility index (Phi) is 4.62. The number of hydrogen-bond acceptors (Lipinski definition) is 2. The summed E-state index contributed by atoms with van der Waals surface area (Å²) in [4.78, 5) is 15.5. The second-order valence-electron chi connectivity index (χ2n) is 8.21. The van der Waals surface area contributed by atoms with Crippen LogP contribution in [0.3, 0.4) is 0 Å². The van der Waals surface area contributed by atoms with Gasteiger partial charge in [-0.3, -0.25) is 4.79 Å². The molecular weight excluding hydrogens is 296 g/mol. The lowest BCUT2D eigenvalue weighted by molar-refractivity contribution is -0.133. The van der Waals surface area contributed by atoms with Gasteiger partial charge in [0.2, 0.25) is 5.91 Å². The zero-order valence-electron chi connectivity index (χ0n) is 14.7. The summed E-state index contributed by atoms with van der Waals surface area (Å²) in [6.07, 6.45) is 10.0. The molecule has 1 aliphatic carbocycles. The SMILES string of the molecule is O=C1NCc2ccccc2CC12CCN(CC1CCCCC1)CC2. The van der Waals surface area contributed by atoms with Crippen molar-refractivity contribution in [1.82, 2.24) is 10.2 Å². The van der Waals surface area contributed by atoms with Crippen LogP contribution < -0.4 is 5.32 Å².